The van der Waals surface area contributed by atoms with Crippen LogP contribution in [0, 0.1) is 12.7 Å². The average Bonchev–Trinajstić information content (AvgIpc) is 2.80. The Labute approximate surface area is 211 Å². The zero-order valence-corrected chi connectivity index (χ0v) is 21.4. The predicted molar refractivity (Wildman–Crippen MR) is 139 cm³/mol. The minimum Gasteiger partial charge on any atom is -0.459 e. The number of Topliss-reactive ketones (excluding diaryl/α,β-unsaturated/α-hetero) is 1. The quantitative estimate of drug-likeness (QED) is 0.122. The lowest BCUT2D eigenvalue weighted by molar-refractivity contribution is -0.153. The molecule has 0 unspecified atom stereocenters. The van der Waals surface area contributed by atoms with Crippen LogP contribution < -0.4 is 16.0 Å². The Morgan fingerprint density at radius 3 is 2.39 bits per heavy atom. The van der Waals surface area contributed by atoms with E-state index in [2.05, 4.69) is 5.32 Å². The predicted octanol–water partition coefficient (Wildman–Crippen LogP) is 3.85. The molecular weight excluding hydrogens is 461 g/mol. The van der Waals surface area contributed by atoms with Crippen LogP contribution in [0.5, 0.6) is 0 Å². The highest BCUT2D eigenvalue weighted by Gasteiger charge is 2.20. The number of anilines is 1. The van der Waals surface area contributed by atoms with Crippen molar-refractivity contribution in [1.82, 2.24) is 5.32 Å². The first kappa shape index (κ1) is 28.5. The standard InChI is InChI=1S/C28H34FN3O4/c1-19-8-13-22(24(29)17-19)26(35)23(7-6-16-33)27(30)32(5)21-11-9-20(10-12-21)14-15-31-18-25(34)36-28(2,3)4/h6-13,16-17,31H,14-15,18,30H2,1-5H3/b7-6-,27-23+. The molecule has 0 bridgehead atoms. The van der Waals surface area contributed by atoms with Crippen molar-refractivity contribution in [3.05, 3.63) is 88.5 Å². The van der Waals surface area contributed by atoms with E-state index in [-0.39, 0.29) is 29.5 Å². The van der Waals surface area contributed by atoms with Gasteiger partial charge in [-0.1, -0.05) is 18.2 Å². The van der Waals surface area contributed by atoms with E-state index in [9.17, 15) is 18.8 Å². The number of hydrogen-bond donors (Lipinski definition) is 2. The van der Waals surface area contributed by atoms with Gasteiger partial charge in [-0.15, -0.1) is 0 Å². The number of ketones is 1. The van der Waals surface area contributed by atoms with Gasteiger partial charge < -0.3 is 20.7 Å². The maximum atomic E-state index is 14.4. The smallest absolute Gasteiger partial charge is 0.320 e. The summed E-state index contributed by atoms with van der Waals surface area (Å²) >= 11 is 0. The van der Waals surface area contributed by atoms with Gasteiger partial charge in [0.15, 0.2) is 5.78 Å². The third-order valence-corrected chi connectivity index (χ3v) is 5.20. The van der Waals surface area contributed by atoms with Crippen molar-refractivity contribution in [1.29, 1.82) is 0 Å². The minimum absolute atomic E-state index is 0.00257. The molecule has 7 nitrogen and oxygen atoms in total. The lowest BCUT2D eigenvalue weighted by atomic mass is 10.0. The number of esters is 1. The zero-order chi connectivity index (χ0) is 26.9. The van der Waals surface area contributed by atoms with Gasteiger partial charge in [-0.2, -0.15) is 0 Å². The molecule has 0 saturated heterocycles. The van der Waals surface area contributed by atoms with Crippen LogP contribution in [0.1, 0.15) is 42.3 Å². The number of carbonyl (C=O) groups excluding carboxylic acids is 3. The monoisotopic (exact) mass is 495 g/mol. The summed E-state index contributed by atoms with van der Waals surface area (Å²) in [5.41, 5.74) is 8.08. The number of nitrogens with one attached hydrogen (secondary N) is 1. The van der Waals surface area contributed by atoms with Crippen molar-refractivity contribution >= 4 is 23.7 Å². The number of benzene rings is 2. The van der Waals surface area contributed by atoms with E-state index in [0.717, 1.165) is 11.6 Å². The summed E-state index contributed by atoms with van der Waals surface area (Å²) in [5.74, 6) is -1.51. The van der Waals surface area contributed by atoms with Crippen LogP contribution in [0.3, 0.4) is 0 Å². The summed E-state index contributed by atoms with van der Waals surface area (Å²) in [6, 6.07) is 11.8. The molecule has 0 aliphatic heterocycles. The van der Waals surface area contributed by atoms with Crippen LogP contribution in [0.15, 0.2) is 66.0 Å². The molecular formula is C28H34FN3O4. The molecule has 0 saturated carbocycles. The van der Waals surface area contributed by atoms with Crippen molar-refractivity contribution in [3.63, 3.8) is 0 Å². The highest BCUT2D eigenvalue weighted by atomic mass is 19.1. The summed E-state index contributed by atoms with van der Waals surface area (Å²) < 4.78 is 19.7. The fourth-order valence-electron chi connectivity index (χ4n) is 3.37. The van der Waals surface area contributed by atoms with Gasteiger partial charge in [0.25, 0.3) is 0 Å². The van der Waals surface area contributed by atoms with Gasteiger partial charge in [-0.3, -0.25) is 14.4 Å². The van der Waals surface area contributed by atoms with E-state index in [1.165, 1.54) is 18.2 Å². The Morgan fingerprint density at radius 1 is 1.14 bits per heavy atom. The van der Waals surface area contributed by atoms with Crippen molar-refractivity contribution in [2.75, 3.05) is 25.0 Å². The Kier molecular flexibility index (Phi) is 10.1. The van der Waals surface area contributed by atoms with Gasteiger partial charge in [0, 0.05) is 12.7 Å². The largest absolute Gasteiger partial charge is 0.459 e. The number of nitrogens with zero attached hydrogens (tertiary/aromatic N) is 1. The molecule has 3 N–H and O–H groups in total. The maximum Gasteiger partial charge on any atom is 0.320 e. The number of aryl methyl sites for hydroxylation is 1. The van der Waals surface area contributed by atoms with E-state index in [4.69, 9.17) is 10.5 Å². The fraction of sp³-hybridized carbons (Fsp3) is 0.321. The Bertz CT molecular complexity index is 1150. The molecule has 0 heterocycles. The van der Waals surface area contributed by atoms with Gasteiger partial charge in [0.2, 0.25) is 0 Å². The van der Waals surface area contributed by atoms with Crippen molar-refractivity contribution in [2.45, 2.75) is 39.7 Å². The fourth-order valence-corrected chi connectivity index (χ4v) is 3.37. The number of halogens is 1. The normalized spacial score (nSPS) is 12.3. The highest BCUT2D eigenvalue weighted by molar-refractivity contribution is 6.11. The van der Waals surface area contributed by atoms with Crippen LogP contribution in [0.25, 0.3) is 0 Å². The first-order valence-corrected chi connectivity index (χ1v) is 11.6. The van der Waals surface area contributed by atoms with Gasteiger partial charge >= 0.3 is 5.97 Å². The van der Waals surface area contributed by atoms with Crippen molar-refractivity contribution in [2.24, 2.45) is 5.73 Å². The summed E-state index contributed by atoms with van der Waals surface area (Å²) in [6.07, 6.45) is 3.65. The number of hydrogen-bond acceptors (Lipinski definition) is 7. The van der Waals surface area contributed by atoms with E-state index in [1.807, 2.05) is 45.0 Å². The lowest BCUT2D eigenvalue weighted by Crippen LogP contribution is -2.32. The number of nitrogens with two attached hydrogens (primary N) is 1. The SMILES string of the molecule is Cc1ccc(C(=O)C(/C=C\C=O)=C(\N)N(C)c2ccc(CCNCC(=O)OC(C)(C)C)cc2)c(F)c1. The van der Waals surface area contributed by atoms with E-state index in [0.29, 0.717) is 30.5 Å². The third-order valence-electron chi connectivity index (χ3n) is 5.20. The molecule has 0 atom stereocenters. The summed E-state index contributed by atoms with van der Waals surface area (Å²) in [6.45, 7) is 7.92. The molecule has 0 spiro atoms. The van der Waals surface area contributed by atoms with Crippen LogP contribution >= 0.6 is 0 Å². The first-order valence-electron chi connectivity index (χ1n) is 11.6. The molecule has 0 fully saturated rings. The molecule has 192 valence electrons. The molecule has 0 amide bonds. The first-order chi connectivity index (χ1) is 16.9. The average molecular weight is 496 g/mol. The van der Waals surface area contributed by atoms with E-state index >= 15 is 0 Å². The van der Waals surface area contributed by atoms with Crippen molar-refractivity contribution in [3.8, 4) is 0 Å². The number of allylic oxidation sites excluding steroid dienone is 3. The Morgan fingerprint density at radius 2 is 1.81 bits per heavy atom. The van der Waals surface area contributed by atoms with Gasteiger partial charge in [-0.05, 0) is 88.2 Å². The van der Waals surface area contributed by atoms with Crippen LogP contribution in [-0.2, 0) is 20.7 Å². The minimum atomic E-state index is -0.655. The molecule has 2 aromatic carbocycles. The second-order valence-corrected chi connectivity index (χ2v) is 9.35. The second-order valence-electron chi connectivity index (χ2n) is 9.35. The summed E-state index contributed by atoms with van der Waals surface area (Å²) in [4.78, 5) is 37.3. The van der Waals surface area contributed by atoms with Crippen molar-refractivity contribution < 1.29 is 23.5 Å². The van der Waals surface area contributed by atoms with E-state index in [1.54, 1.807) is 24.9 Å². The second kappa shape index (κ2) is 12.8. The number of ether oxygens (including phenoxy) is 1. The number of aldehydes is 1. The molecule has 0 radical (unpaired) electrons. The van der Waals surface area contributed by atoms with Gasteiger partial charge in [0.05, 0.1) is 17.7 Å². The molecule has 2 rings (SSSR count). The third kappa shape index (κ3) is 8.46. The molecule has 0 aromatic heterocycles. The van der Waals surface area contributed by atoms with Gasteiger partial charge in [-0.25, -0.2) is 4.39 Å². The molecule has 36 heavy (non-hydrogen) atoms. The van der Waals surface area contributed by atoms with E-state index < -0.39 is 17.2 Å². The van der Waals surface area contributed by atoms with Crippen LogP contribution in [-0.4, -0.2) is 43.8 Å². The maximum absolute atomic E-state index is 14.4. The topological polar surface area (TPSA) is 102 Å². The molecule has 0 aliphatic rings. The Hall–Kier alpha value is -3.78. The number of carbonyl (C=O) groups is 3. The van der Waals surface area contributed by atoms with Gasteiger partial charge in [0.1, 0.15) is 23.5 Å². The molecule has 2 aromatic rings. The highest BCUT2D eigenvalue weighted by Crippen LogP contribution is 2.22. The summed E-state index contributed by atoms with van der Waals surface area (Å²) in [7, 11) is 1.68. The molecule has 0 aliphatic carbocycles. The Balaban J connectivity index is 2.12. The molecule has 8 heteroatoms. The summed E-state index contributed by atoms with van der Waals surface area (Å²) in [5, 5.41) is 3.07. The lowest BCUT2D eigenvalue weighted by Gasteiger charge is -2.22. The zero-order valence-electron chi connectivity index (χ0n) is 21.4. The van der Waals surface area contributed by atoms with Crippen LogP contribution in [0.4, 0.5) is 10.1 Å². The number of rotatable bonds is 11. The van der Waals surface area contributed by atoms with Crippen LogP contribution in [0.2, 0.25) is 0 Å².